The molecule has 8 nitrogen and oxygen atoms in total. The molecule has 3 aromatic heterocycles. The van der Waals surface area contributed by atoms with Crippen LogP contribution in [-0.2, 0) is 0 Å². The van der Waals surface area contributed by atoms with Gasteiger partial charge in [0.2, 0.25) is 5.88 Å². The Balaban J connectivity index is 1.82. The highest BCUT2D eigenvalue weighted by Gasteiger charge is 2.29. The molecule has 3 rings (SSSR count). The summed E-state index contributed by atoms with van der Waals surface area (Å²) in [5, 5.41) is 16.6. The SMILES string of the molecule is Cc1cc(C(C)n2cc3c(C(=O)NCCCO)nccc3n2)cnc1OCC(F)(F)F. The summed E-state index contributed by atoms with van der Waals surface area (Å²) in [5.74, 6) is -0.445. The average Bonchev–Trinajstić information content (AvgIpc) is 3.16. The van der Waals surface area contributed by atoms with Gasteiger partial charge in [-0.25, -0.2) is 4.98 Å². The van der Waals surface area contributed by atoms with Crippen LogP contribution in [0, 0.1) is 6.92 Å². The number of ether oxygens (including phenoxy) is 1. The molecule has 0 saturated carbocycles. The van der Waals surface area contributed by atoms with E-state index in [0.29, 0.717) is 35.0 Å². The first-order valence-corrected chi connectivity index (χ1v) is 9.58. The van der Waals surface area contributed by atoms with Crippen molar-refractivity contribution in [3.63, 3.8) is 0 Å². The van der Waals surface area contributed by atoms with Crippen LogP contribution in [0.5, 0.6) is 5.88 Å². The van der Waals surface area contributed by atoms with Gasteiger partial charge >= 0.3 is 6.18 Å². The van der Waals surface area contributed by atoms with Crippen LogP contribution in [0.3, 0.4) is 0 Å². The molecule has 0 radical (unpaired) electrons. The van der Waals surface area contributed by atoms with Gasteiger partial charge in [0.25, 0.3) is 5.91 Å². The van der Waals surface area contributed by atoms with Crippen molar-refractivity contribution in [3.05, 3.63) is 47.5 Å². The van der Waals surface area contributed by atoms with Gasteiger partial charge in [0.15, 0.2) is 6.61 Å². The summed E-state index contributed by atoms with van der Waals surface area (Å²) in [7, 11) is 0. The van der Waals surface area contributed by atoms with Gasteiger partial charge in [-0.3, -0.25) is 14.5 Å². The first-order valence-electron chi connectivity index (χ1n) is 9.58. The Morgan fingerprint density at radius 2 is 2.13 bits per heavy atom. The number of fused-ring (bicyclic) bond motifs is 1. The minimum Gasteiger partial charge on any atom is -0.468 e. The average molecular weight is 437 g/mol. The van der Waals surface area contributed by atoms with Crippen molar-refractivity contribution in [2.75, 3.05) is 19.8 Å². The summed E-state index contributed by atoms with van der Waals surface area (Å²) in [6, 6.07) is 3.07. The molecule has 0 saturated heterocycles. The molecule has 0 aliphatic carbocycles. The van der Waals surface area contributed by atoms with Crippen molar-refractivity contribution in [1.29, 1.82) is 0 Å². The zero-order valence-electron chi connectivity index (χ0n) is 17.0. The number of nitrogens with zero attached hydrogens (tertiary/aromatic N) is 4. The molecule has 3 heterocycles. The topological polar surface area (TPSA) is 102 Å². The number of rotatable bonds is 8. The summed E-state index contributed by atoms with van der Waals surface area (Å²) in [6.07, 6.45) is 0.621. The molecule has 0 aromatic carbocycles. The Kier molecular flexibility index (Phi) is 6.74. The van der Waals surface area contributed by atoms with Crippen LogP contribution in [0.25, 0.3) is 10.9 Å². The molecule has 0 aliphatic rings. The Bertz CT molecular complexity index is 1070. The van der Waals surface area contributed by atoms with Crippen LogP contribution < -0.4 is 10.1 Å². The lowest BCUT2D eigenvalue weighted by molar-refractivity contribution is -0.154. The number of pyridine rings is 2. The molecule has 1 atom stereocenters. The molecule has 1 amide bonds. The van der Waals surface area contributed by atoms with Gasteiger partial charge in [0.1, 0.15) is 5.69 Å². The Morgan fingerprint density at radius 1 is 1.35 bits per heavy atom. The number of aryl methyl sites for hydroxylation is 1. The third-order valence-corrected chi connectivity index (χ3v) is 4.59. The van der Waals surface area contributed by atoms with E-state index < -0.39 is 12.8 Å². The Labute approximate surface area is 176 Å². The fourth-order valence-electron chi connectivity index (χ4n) is 2.97. The highest BCUT2D eigenvalue weighted by molar-refractivity contribution is 6.04. The number of aliphatic hydroxyl groups is 1. The zero-order valence-corrected chi connectivity index (χ0v) is 17.0. The van der Waals surface area contributed by atoms with E-state index in [1.165, 1.54) is 12.4 Å². The fraction of sp³-hybridized carbons (Fsp3) is 0.400. The molecule has 31 heavy (non-hydrogen) atoms. The van der Waals surface area contributed by atoms with Gasteiger partial charge < -0.3 is 15.2 Å². The molecule has 0 spiro atoms. The number of carbonyl (C=O) groups excluding carboxylic acids is 1. The zero-order chi connectivity index (χ0) is 22.6. The van der Waals surface area contributed by atoms with Crippen molar-refractivity contribution in [2.45, 2.75) is 32.5 Å². The fourth-order valence-corrected chi connectivity index (χ4v) is 2.97. The van der Waals surface area contributed by atoms with Crippen molar-refractivity contribution in [1.82, 2.24) is 25.1 Å². The number of halogens is 3. The number of alkyl halides is 3. The number of hydrogen-bond acceptors (Lipinski definition) is 6. The second kappa shape index (κ2) is 9.29. The van der Waals surface area contributed by atoms with Gasteiger partial charge in [-0.15, -0.1) is 0 Å². The highest BCUT2D eigenvalue weighted by atomic mass is 19.4. The van der Waals surface area contributed by atoms with Crippen LogP contribution in [0.2, 0.25) is 0 Å². The molecule has 0 bridgehead atoms. The smallest absolute Gasteiger partial charge is 0.422 e. The summed E-state index contributed by atoms with van der Waals surface area (Å²) in [6.45, 7) is 2.36. The van der Waals surface area contributed by atoms with Crippen molar-refractivity contribution in [3.8, 4) is 5.88 Å². The Morgan fingerprint density at radius 3 is 2.81 bits per heavy atom. The normalized spacial score (nSPS) is 12.7. The molecule has 0 fully saturated rings. The number of carbonyl (C=O) groups is 1. The van der Waals surface area contributed by atoms with Crippen molar-refractivity contribution in [2.24, 2.45) is 0 Å². The van der Waals surface area contributed by atoms with Crippen molar-refractivity contribution >= 4 is 16.8 Å². The predicted molar refractivity (Wildman–Crippen MR) is 106 cm³/mol. The first kappa shape index (κ1) is 22.5. The largest absolute Gasteiger partial charge is 0.468 e. The first-order chi connectivity index (χ1) is 14.7. The second-order valence-electron chi connectivity index (χ2n) is 7.01. The molecular weight excluding hydrogens is 415 g/mol. The van der Waals surface area contributed by atoms with Crippen LogP contribution >= 0.6 is 0 Å². The predicted octanol–water partition coefficient (Wildman–Crippen LogP) is 2.80. The van der Waals surface area contributed by atoms with Gasteiger partial charge in [-0.2, -0.15) is 18.3 Å². The van der Waals surface area contributed by atoms with E-state index in [-0.39, 0.29) is 30.1 Å². The number of hydrogen-bond donors (Lipinski definition) is 2. The molecule has 11 heteroatoms. The maximum absolute atomic E-state index is 12.4. The van der Waals surface area contributed by atoms with Gasteiger partial charge in [0.05, 0.1) is 16.9 Å². The van der Waals surface area contributed by atoms with Crippen LogP contribution in [0.15, 0.2) is 30.7 Å². The summed E-state index contributed by atoms with van der Waals surface area (Å²) in [5.41, 5.74) is 1.98. The van der Waals surface area contributed by atoms with E-state index in [1.54, 1.807) is 29.9 Å². The summed E-state index contributed by atoms with van der Waals surface area (Å²) in [4.78, 5) is 20.6. The number of amides is 1. The maximum Gasteiger partial charge on any atom is 0.422 e. The van der Waals surface area contributed by atoms with Crippen molar-refractivity contribution < 1.29 is 27.8 Å². The lowest BCUT2D eigenvalue weighted by Gasteiger charge is -2.15. The van der Waals surface area contributed by atoms with E-state index in [2.05, 4.69) is 20.4 Å². The van der Waals surface area contributed by atoms with Crippen LogP contribution in [-0.4, -0.2) is 56.7 Å². The number of aliphatic hydroxyl groups excluding tert-OH is 1. The van der Waals surface area contributed by atoms with Crippen LogP contribution in [0.1, 0.15) is 41.0 Å². The third kappa shape index (κ3) is 5.48. The van der Waals surface area contributed by atoms with E-state index >= 15 is 0 Å². The monoisotopic (exact) mass is 437 g/mol. The number of aromatic nitrogens is 4. The lowest BCUT2D eigenvalue weighted by Crippen LogP contribution is -2.26. The van der Waals surface area contributed by atoms with Gasteiger partial charge in [0, 0.05) is 37.3 Å². The highest BCUT2D eigenvalue weighted by Crippen LogP contribution is 2.26. The molecule has 0 aliphatic heterocycles. The molecule has 3 aromatic rings. The maximum atomic E-state index is 12.4. The number of nitrogens with one attached hydrogen (secondary N) is 1. The standard InChI is InChI=1S/C20H22F3N5O3/c1-12-8-14(9-26-19(12)31-11-20(21,22)23)13(2)28-10-15-16(27-28)4-6-24-17(15)18(30)25-5-3-7-29/h4,6,8-10,13,29H,3,5,7,11H2,1-2H3,(H,25,30). The third-order valence-electron chi connectivity index (χ3n) is 4.59. The molecule has 2 N–H and O–H groups in total. The van der Waals surface area contributed by atoms with E-state index in [4.69, 9.17) is 9.84 Å². The molecule has 1 unspecified atom stereocenters. The summed E-state index contributed by atoms with van der Waals surface area (Å²) < 4.78 is 43.5. The molecule has 166 valence electrons. The van der Waals surface area contributed by atoms with E-state index in [0.717, 1.165) is 0 Å². The van der Waals surface area contributed by atoms with E-state index in [1.807, 2.05) is 6.92 Å². The van der Waals surface area contributed by atoms with Gasteiger partial charge in [-0.05, 0) is 38.0 Å². The van der Waals surface area contributed by atoms with Gasteiger partial charge in [-0.1, -0.05) is 0 Å². The quantitative estimate of drug-likeness (QED) is 0.526. The van der Waals surface area contributed by atoms with Crippen LogP contribution in [0.4, 0.5) is 13.2 Å². The summed E-state index contributed by atoms with van der Waals surface area (Å²) >= 11 is 0. The Hall–Kier alpha value is -3.21. The molecular formula is C20H22F3N5O3. The lowest BCUT2D eigenvalue weighted by atomic mass is 10.1. The van der Waals surface area contributed by atoms with E-state index in [9.17, 15) is 18.0 Å². The second-order valence-corrected chi connectivity index (χ2v) is 7.01. The minimum absolute atomic E-state index is 0.0269. The minimum atomic E-state index is -4.44.